The molecule has 2 unspecified atom stereocenters. The van der Waals surface area contributed by atoms with Crippen molar-refractivity contribution in [2.45, 2.75) is 51.4 Å². The lowest BCUT2D eigenvalue weighted by Gasteiger charge is -2.37. The molecule has 1 aromatic rings. The Balaban J connectivity index is 2.26. The third kappa shape index (κ3) is 3.28. The Morgan fingerprint density at radius 1 is 1.26 bits per heavy atom. The smallest absolute Gasteiger partial charge is 0.119 e. The van der Waals surface area contributed by atoms with Crippen molar-refractivity contribution >= 4 is 0 Å². The van der Waals surface area contributed by atoms with Gasteiger partial charge in [0.25, 0.3) is 0 Å². The molecule has 0 bridgehead atoms. The van der Waals surface area contributed by atoms with Gasteiger partial charge in [-0.3, -0.25) is 0 Å². The van der Waals surface area contributed by atoms with Crippen molar-refractivity contribution in [1.29, 1.82) is 0 Å². The minimum Gasteiger partial charge on any atom is -0.497 e. The zero-order valence-corrected chi connectivity index (χ0v) is 12.6. The Morgan fingerprint density at radius 3 is 2.58 bits per heavy atom. The van der Waals surface area contributed by atoms with E-state index in [4.69, 9.17) is 9.47 Å². The summed E-state index contributed by atoms with van der Waals surface area (Å²) in [6.45, 7) is 6.34. The van der Waals surface area contributed by atoms with Gasteiger partial charge in [0.05, 0.1) is 24.9 Å². The molecule has 0 amide bonds. The first kappa shape index (κ1) is 14.4. The van der Waals surface area contributed by atoms with Crippen LogP contribution >= 0.6 is 0 Å². The van der Waals surface area contributed by atoms with Crippen molar-refractivity contribution < 1.29 is 9.47 Å². The van der Waals surface area contributed by atoms with Crippen LogP contribution in [0.2, 0.25) is 0 Å². The molecule has 1 aliphatic carbocycles. The Hall–Kier alpha value is -1.06. The number of fused-ring (bicyclic) bond motifs is 1. The van der Waals surface area contributed by atoms with Crippen LogP contribution in [0.25, 0.3) is 0 Å². The zero-order chi connectivity index (χ0) is 14.0. The standard InChI is InChI=1S/C16H25NO2/c1-16(2,3)19-14-9-6-11-10-12(18-5)7-8-13(11)15(14)17-4/h7-8,10,14-15,17H,6,9H2,1-5H3. The van der Waals surface area contributed by atoms with Crippen molar-refractivity contribution in [2.75, 3.05) is 14.2 Å². The molecule has 0 saturated heterocycles. The van der Waals surface area contributed by atoms with Crippen LogP contribution in [-0.4, -0.2) is 25.9 Å². The van der Waals surface area contributed by atoms with E-state index >= 15 is 0 Å². The van der Waals surface area contributed by atoms with Crippen LogP contribution in [0.15, 0.2) is 18.2 Å². The number of aryl methyl sites for hydroxylation is 1. The van der Waals surface area contributed by atoms with Crippen molar-refractivity contribution in [3.8, 4) is 5.75 Å². The summed E-state index contributed by atoms with van der Waals surface area (Å²) in [5.74, 6) is 0.934. The maximum atomic E-state index is 6.20. The highest BCUT2D eigenvalue weighted by Crippen LogP contribution is 2.35. The molecule has 106 valence electrons. The quantitative estimate of drug-likeness (QED) is 0.909. The third-order valence-electron chi connectivity index (χ3n) is 3.57. The van der Waals surface area contributed by atoms with Crippen molar-refractivity contribution in [3.05, 3.63) is 29.3 Å². The zero-order valence-electron chi connectivity index (χ0n) is 12.6. The Morgan fingerprint density at radius 2 is 2.00 bits per heavy atom. The van der Waals surface area contributed by atoms with Crippen LogP contribution in [0.4, 0.5) is 0 Å². The summed E-state index contributed by atoms with van der Waals surface area (Å²) in [6, 6.07) is 6.59. The second-order valence-corrected chi connectivity index (χ2v) is 6.14. The van der Waals surface area contributed by atoms with Crippen LogP contribution in [0.5, 0.6) is 5.75 Å². The minimum absolute atomic E-state index is 0.107. The fourth-order valence-electron chi connectivity index (χ4n) is 2.82. The molecule has 19 heavy (non-hydrogen) atoms. The summed E-state index contributed by atoms with van der Waals surface area (Å²) >= 11 is 0. The van der Waals surface area contributed by atoms with E-state index in [-0.39, 0.29) is 17.7 Å². The molecular weight excluding hydrogens is 238 g/mol. The van der Waals surface area contributed by atoms with E-state index in [1.807, 2.05) is 13.1 Å². The van der Waals surface area contributed by atoms with Crippen LogP contribution in [0.3, 0.4) is 0 Å². The van der Waals surface area contributed by atoms with Crippen molar-refractivity contribution in [1.82, 2.24) is 5.32 Å². The fourth-order valence-corrected chi connectivity index (χ4v) is 2.82. The highest BCUT2D eigenvalue weighted by molar-refractivity contribution is 5.39. The second kappa shape index (κ2) is 5.51. The average molecular weight is 263 g/mol. The fraction of sp³-hybridized carbons (Fsp3) is 0.625. The average Bonchev–Trinajstić information content (AvgIpc) is 2.36. The number of nitrogens with one attached hydrogen (secondary N) is 1. The van der Waals surface area contributed by atoms with Crippen LogP contribution < -0.4 is 10.1 Å². The van der Waals surface area contributed by atoms with Gasteiger partial charge < -0.3 is 14.8 Å². The molecule has 1 aromatic carbocycles. The van der Waals surface area contributed by atoms with E-state index < -0.39 is 0 Å². The normalized spacial score (nSPS) is 23.0. The van der Waals surface area contributed by atoms with E-state index in [1.165, 1.54) is 11.1 Å². The van der Waals surface area contributed by atoms with Crippen molar-refractivity contribution in [2.24, 2.45) is 0 Å². The highest BCUT2D eigenvalue weighted by Gasteiger charge is 2.32. The van der Waals surface area contributed by atoms with Gasteiger partial charge in [0.15, 0.2) is 0 Å². The molecule has 3 heteroatoms. The van der Waals surface area contributed by atoms with Crippen LogP contribution in [0, 0.1) is 0 Å². The van der Waals surface area contributed by atoms with Gasteiger partial charge in [0.2, 0.25) is 0 Å². The maximum Gasteiger partial charge on any atom is 0.119 e. The largest absolute Gasteiger partial charge is 0.497 e. The van der Waals surface area contributed by atoms with Gasteiger partial charge in [-0.25, -0.2) is 0 Å². The minimum atomic E-state index is -0.107. The molecule has 2 atom stereocenters. The van der Waals surface area contributed by atoms with Crippen LogP contribution in [0.1, 0.15) is 44.4 Å². The van der Waals surface area contributed by atoms with E-state index in [9.17, 15) is 0 Å². The Labute approximate surface area is 116 Å². The molecule has 1 N–H and O–H groups in total. The lowest BCUT2D eigenvalue weighted by atomic mass is 9.85. The topological polar surface area (TPSA) is 30.5 Å². The van der Waals surface area contributed by atoms with Gasteiger partial charge in [0.1, 0.15) is 5.75 Å². The Kier molecular flexibility index (Phi) is 4.16. The van der Waals surface area contributed by atoms with Gasteiger partial charge in [-0.15, -0.1) is 0 Å². The molecule has 0 spiro atoms. The highest BCUT2D eigenvalue weighted by atomic mass is 16.5. The molecular formula is C16H25NO2. The van der Waals surface area contributed by atoms with Gasteiger partial charge in [-0.05, 0) is 63.9 Å². The maximum absolute atomic E-state index is 6.20. The number of rotatable bonds is 3. The molecule has 3 nitrogen and oxygen atoms in total. The molecule has 0 saturated carbocycles. The number of methoxy groups -OCH3 is 1. The van der Waals surface area contributed by atoms with E-state index in [1.54, 1.807) is 7.11 Å². The molecule has 0 aliphatic heterocycles. The van der Waals surface area contributed by atoms with Gasteiger partial charge in [-0.2, -0.15) is 0 Å². The number of hydrogen-bond donors (Lipinski definition) is 1. The van der Waals surface area contributed by atoms with Gasteiger partial charge in [-0.1, -0.05) is 6.07 Å². The van der Waals surface area contributed by atoms with E-state index in [2.05, 4.69) is 38.2 Å². The Bertz CT molecular complexity index is 437. The first-order chi connectivity index (χ1) is 8.94. The molecule has 2 rings (SSSR count). The summed E-state index contributed by atoms with van der Waals surface area (Å²) in [6.07, 6.45) is 2.32. The summed E-state index contributed by atoms with van der Waals surface area (Å²) in [5, 5.41) is 3.40. The van der Waals surface area contributed by atoms with E-state index in [0.29, 0.717) is 0 Å². The predicted octanol–water partition coefficient (Wildman–Crippen LogP) is 3.09. The number of hydrogen-bond acceptors (Lipinski definition) is 3. The summed E-state index contributed by atoms with van der Waals surface area (Å²) in [5.41, 5.74) is 2.60. The van der Waals surface area contributed by atoms with E-state index in [0.717, 1.165) is 18.6 Å². The second-order valence-electron chi connectivity index (χ2n) is 6.14. The molecule has 0 heterocycles. The molecule has 1 aliphatic rings. The number of benzene rings is 1. The lowest BCUT2D eigenvalue weighted by Crippen LogP contribution is -2.40. The van der Waals surface area contributed by atoms with Crippen molar-refractivity contribution in [3.63, 3.8) is 0 Å². The number of likely N-dealkylation sites (N-methyl/N-ethyl adjacent to an activating group) is 1. The monoisotopic (exact) mass is 263 g/mol. The van der Waals surface area contributed by atoms with Crippen LogP contribution in [-0.2, 0) is 11.2 Å². The van der Waals surface area contributed by atoms with Gasteiger partial charge >= 0.3 is 0 Å². The molecule has 0 aromatic heterocycles. The first-order valence-corrected chi connectivity index (χ1v) is 6.96. The molecule has 0 fully saturated rings. The third-order valence-corrected chi connectivity index (χ3v) is 3.57. The SMILES string of the molecule is CNC1c2ccc(OC)cc2CCC1OC(C)(C)C. The summed E-state index contributed by atoms with van der Waals surface area (Å²) < 4.78 is 11.5. The number of ether oxygens (including phenoxy) is 2. The first-order valence-electron chi connectivity index (χ1n) is 6.96. The van der Waals surface area contributed by atoms with Gasteiger partial charge in [0, 0.05) is 0 Å². The summed E-state index contributed by atoms with van der Waals surface area (Å²) in [4.78, 5) is 0. The lowest BCUT2D eigenvalue weighted by molar-refractivity contribution is -0.0807. The molecule has 0 radical (unpaired) electrons. The predicted molar refractivity (Wildman–Crippen MR) is 77.7 cm³/mol. The summed E-state index contributed by atoms with van der Waals surface area (Å²) in [7, 11) is 3.72.